The first-order valence-corrected chi connectivity index (χ1v) is 7.40. The Hall–Kier alpha value is -2.70. The molecule has 3 aromatic heterocycles. The van der Waals surface area contributed by atoms with Gasteiger partial charge in [-0.1, -0.05) is 0 Å². The number of pyridine rings is 1. The van der Waals surface area contributed by atoms with Crippen molar-refractivity contribution in [1.82, 2.24) is 24.7 Å². The van der Waals surface area contributed by atoms with Gasteiger partial charge in [0.2, 0.25) is 0 Å². The smallest absolute Gasteiger partial charge is 0.163 e. The number of methoxy groups -OCH3 is 1. The molecule has 3 rings (SSSR count). The zero-order valence-corrected chi connectivity index (χ0v) is 14.0. The number of nitrogens with zero attached hydrogens (tertiary/aromatic N) is 5. The number of aromatic nitrogens is 5. The van der Waals surface area contributed by atoms with E-state index in [0.29, 0.717) is 6.54 Å². The highest BCUT2D eigenvalue weighted by molar-refractivity contribution is 5.89. The Balaban J connectivity index is 1.93. The lowest BCUT2D eigenvalue weighted by atomic mass is 10.1. The molecule has 120 valence electrons. The van der Waals surface area contributed by atoms with E-state index in [1.54, 1.807) is 18.1 Å². The van der Waals surface area contributed by atoms with Gasteiger partial charge < -0.3 is 10.1 Å². The van der Waals surface area contributed by atoms with Gasteiger partial charge in [0.25, 0.3) is 0 Å². The highest BCUT2D eigenvalue weighted by atomic mass is 16.5. The summed E-state index contributed by atoms with van der Waals surface area (Å²) in [5.74, 6) is 1.64. The van der Waals surface area contributed by atoms with E-state index in [9.17, 15) is 0 Å². The van der Waals surface area contributed by atoms with Crippen LogP contribution in [0.25, 0.3) is 11.0 Å². The predicted octanol–water partition coefficient (Wildman–Crippen LogP) is 2.30. The second kappa shape index (κ2) is 5.83. The Morgan fingerprint density at radius 3 is 2.70 bits per heavy atom. The lowest BCUT2D eigenvalue weighted by Crippen LogP contribution is -2.07. The van der Waals surface area contributed by atoms with Gasteiger partial charge >= 0.3 is 0 Å². The maximum absolute atomic E-state index is 5.45. The average molecular weight is 312 g/mol. The molecule has 0 saturated heterocycles. The molecule has 3 heterocycles. The van der Waals surface area contributed by atoms with E-state index in [2.05, 4.69) is 25.4 Å². The summed E-state index contributed by atoms with van der Waals surface area (Å²) in [5.41, 5.74) is 4.71. The minimum Gasteiger partial charge on any atom is -0.496 e. The van der Waals surface area contributed by atoms with Gasteiger partial charge in [0.05, 0.1) is 30.4 Å². The standard InChI is InChI=1S/C16H20N6O/c1-9-6-17-12(10(2)14(9)23-5)7-18-15-13-11(3)21-22(4)16(13)20-8-19-15/h6,8H,7H2,1-5H3,(H,18,19,20). The molecule has 0 aliphatic rings. The Bertz CT molecular complexity index is 871. The van der Waals surface area contributed by atoms with Crippen molar-refractivity contribution >= 4 is 16.9 Å². The Morgan fingerprint density at radius 1 is 1.17 bits per heavy atom. The van der Waals surface area contributed by atoms with Crippen LogP contribution in [0.5, 0.6) is 5.75 Å². The average Bonchev–Trinajstić information content (AvgIpc) is 2.82. The highest BCUT2D eigenvalue weighted by Crippen LogP contribution is 2.26. The normalized spacial score (nSPS) is 11.0. The number of aryl methyl sites for hydroxylation is 3. The molecule has 0 spiro atoms. The molecule has 0 radical (unpaired) electrons. The first-order valence-electron chi connectivity index (χ1n) is 7.40. The molecule has 0 saturated carbocycles. The van der Waals surface area contributed by atoms with Crippen LogP contribution in [0.1, 0.15) is 22.5 Å². The molecule has 1 N–H and O–H groups in total. The molecule has 0 bridgehead atoms. The van der Waals surface area contributed by atoms with Crippen molar-refractivity contribution in [3.63, 3.8) is 0 Å². The third-order valence-corrected chi connectivity index (χ3v) is 3.97. The van der Waals surface area contributed by atoms with Crippen LogP contribution in [0.15, 0.2) is 12.5 Å². The Kier molecular flexibility index (Phi) is 3.85. The van der Waals surface area contributed by atoms with E-state index in [1.165, 1.54) is 0 Å². The van der Waals surface area contributed by atoms with Gasteiger partial charge in [-0.2, -0.15) is 5.10 Å². The van der Waals surface area contributed by atoms with Gasteiger partial charge in [-0.05, 0) is 20.8 Å². The van der Waals surface area contributed by atoms with Crippen LogP contribution in [0.4, 0.5) is 5.82 Å². The molecule has 0 amide bonds. The molecule has 23 heavy (non-hydrogen) atoms. The maximum Gasteiger partial charge on any atom is 0.163 e. The molecule has 0 unspecified atom stereocenters. The van der Waals surface area contributed by atoms with Gasteiger partial charge in [0.1, 0.15) is 17.9 Å². The minimum absolute atomic E-state index is 0.558. The molecule has 0 aliphatic carbocycles. The van der Waals surface area contributed by atoms with Crippen molar-refractivity contribution in [3.05, 3.63) is 35.0 Å². The molecule has 0 fully saturated rings. The quantitative estimate of drug-likeness (QED) is 0.796. The van der Waals surface area contributed by atoms with E-state index >= 15 is 0 Å². The van der Waals surface area contributed by atoms with E-state index < -0.39 is 0 Å². The summed E-state index contributed by atoms with van der Waals surface area (Å²) in [6.07, 6.45) is 3.37. The monoisotopic (exact) mass is 312 g/mol. The van der Waals surface area contributed by atoms with Crippen LogP contribution in [0.2, 0.25) is 0 Å². The third kappa shape index (κ3) is 2.58. The molecule has 0 aliphatic heterocycles. The van der Waals surface area contributed by atoms with Crippen molar-refractivity contribution in [1.29, 1.82) is 0 Å². The van der Waals surface area contributed by atoms with E-state index in [-0.39, 0.29) is 0 Å². The Labute approximate surface area is 134 Å². The fraction of sp³-hybridized carbons (Fsp3) is 0.375. The Morgan fingerprint density at radius 2 is 1.96 bits per heavy atom. The van der Waals surface area contributed by atoms with E-state index in [4.69, 9.17) is 4.74 Å². The number of fused-ring (bicyclic) bond motifs is 1. The van der Waals surface area contributed by atoms with Crippen LogP contribution in [0.3, 0.4) is 0 Å². The van der Waals surface area contributed by atoms with Crippen LogP contribution in [0, 0.1) is 20.8 Å². The maximum atomic E-state index is 5.45. The number of nitrogens with one attached hydrogen (secondary N) is 1. The predicted molar refractivity (Wildman–Crippen MR) is 88.6 cm³/mol. The minimum atomic E-state index is 0.558. The number of ether oxygens (including phenoxy) is 1. The third-order valence-electron chi connectivity index (χ3n) is 3.97. The van der Waals surface area contributed by atoms with Crippen LogP contribution < -0.4 is 10.1 Å². The largest absolute Gasteiger partial charge is 0.496 e. The zero-order chi connectivity index (χ0) is 16.6. The number of anilines is 1. The van der Waals surface area contributed by atoms with Crippen LogP contribution in [-0.4, -0.2) is 31.8 Å². The molecule has 0 atom stereocenters. The van der Waals surface area contributed by atoms with Gasteiger partial charge in [0.15, 0.2) is 5.65 Å². The van der Waals surface area contributed by atoms with E-state index in [0.717, 1.165) is 45.1 Å². The molecular weight excluding hydrogens is 292 g/mol. The van der Waals surface area contributed by atoms with Gasteiger partial charge in [0, 0.05) is 24.4 Å². The van der Waals surface area contributed by atoms with Crippen molar-refractivity contribution < 1.29 is 4.74 Å². The van der Waals surface area contributed by atoms with E-state index in [1.807, 2.05) is 34.0 Å². The molecule has 0 aromatic carbocycles. The fourth-order valence-corrected chi connectivity index (χ4v) is 2.83. The van der Waals surface area contributed by atoms with Gasteiger partial charge in [-0.15, -0.1) is 0 Å². The van der Waals surface area contributed by atoms with Gasteiger partial charge in [-0.3, -0.25) is 9.67 Å². The lowest BCUT2D eigenvalue weighted by Gasteiger charge is -2.13. The molecular formula is C16H20N6O. The molecule has 3 aromatic rings. The summed E-state index contributed by atoms with van der Waals surface area (Å²) >= 11 is 0. The second-order valence-corrected chi connectivity index (χ2v) is 5.53. The topological polar surface area (TPSA) is 77.8 Å². The summed E-state index contributed by atoms with van der Waals surface area (Å²) in [4.78, 5) is 13.1. The summed E-state index contributed by atoms with van der Waals surface area (Å²) in [7, 11) is 3.56. The van der Waals surface area contributed by atoms with Crippen molar-refractivity contribution in [3.8, 4) is 5.75 Å². The van der Waals surface area contributed by atoms with Crippen LogP contribution >= 0.6 is 0 Å². The number of hydrogen-bond donors (Lipinski definition) is 1. The van der Waals surface area contributed by atoms with Crippen molar-refractivity contribution in [2.45, 2.75) is 27.3 Å². The zero-order valence-electron chi connectivity index (χ0n) is 14.0. The summed E-state index contributed by atoms with van der Waals surface area (Å²) < 4.78 is 7.21. The van der Waals surface area contributed by atoms with Crippen LogP contribution in [-0.2, 0) is 13.6 Å². The fourth-order valence-electron chi connectivity index (χ4n) is 2.83. The number of hydrogen-bond acceptors (Lipinski definition) is 6. The van der Waals surface area contributed by atoms with Crippen molar-refractivity contribution in [2.24, 2.45) is 7.05 Å². The summed E-state index contributed by atoms with van der Waals surface area (Å²) in [6, 6.07) is 0. The van der Waals surface area contributed by atoms with Gasteiger partial charge in [-0.25, -0.2) is 9.97 Å². The SMILES string of the molecule is COc1c(C)cnc(CNc2ncnc3c2c(C)nn3C)c1C. The highest BCUT2D eigenvalue weighted by Gasteiger charge is 2.14. The molecule has 7 nitrogen and oxygen atoms in total. The number of rotatable bonds is 4. The van der Waals surface area contributed by atoms with Crippen molar-refractivity contribution in [2.75, 3.05) is 12.4 Å². The lowest BCUT2D eigenvalue weighted by molar-refractivity contribution is 0.407. The second-order valence-electron chi connectivity index (χ2n) is 5.53. The summed E-state index contributed by atoms with van der Waals surface area (Å²) in [5, 5.41) is 8.68. The first-order chi connectivity index (χ1) is 11.0. The molecule has 7 heteroatoms. The summed E-state index contributed by atoms with van der Waals surface area (Å²) in [6.45, 7) is 6.52. The first kappa shape index (κ1) is 15.2.